The minimum Gasteiger partial charge on any atom is -0.481 e. The number of benzene rings is 2. The summed E-state index contributed by atoms with van der Waals surface area (Å²) in [5.74, 6) is -0.927. The molecule has 2 aromatic carbocycles. The normalized spacial score (nSPS) is 18.7. The summed E-state index contributed by atoms with van der Waals surface area (Å²) in [7, 11) is -3.76. The summed E-state index contributed by atoms with van der Waals surface area (Å²) in [6, 6.07) is 12.4. The van der Waals surface area contributed by atoms with E-state index in [9.17, 15) is 22.7 Å². The summed E-state index contributed by atoms with van der Waals surface area (Å²) in [6.45, 7) is 0.631. The van der Waals surface area contributed by atoms with E-state index in [4.69, 9.17) is 0 Å². The first-order valence-electron chi connectivity index (χ1n) is 11.1. The number of hydrogen-bond donors (Lipinski definition) is 1. The lowest BCUT2D eigenvalue weighted by molar-refractivity contribution is -0.136. The van der Waals surface area contributed by atoms with Crippen LogP contribution in [-0.4, -0.2) is 36.9 Å². The highest BCUT2D eigenvalue weighted by molar-refractivity contribution is 7.89. The van der Waals surface area contributed by atoms with E-state index in [1.807, 2.05) is 18.2 Å². The van der Waals surface area contributed by atoms with Crippen LogP contribution in [0, 0.1) is 11.7 Å². The lowest BCUT2D eigenvalue weighted by atomic mass is 9.78. The van der Waals surface area contributed by atoms with Crippen LogP contribution in [0.25, 0.3) is 5.57 Å². The van der Waals surface area contributed by atoms with Gasteiger partial charge in [0.2, 0.25) is 10.0 Å². The Morgan fingerprint density at radius 3 is 2.47 bits per heavy atom. The zero-order valence-electron chi connectivity index (χ0n) is 18.0. The van der Waals surface area contributed by atoms with Gasteiger partial charge in [-0.05, 0) is 66.1 Å². The Labute approximate surface area is 188 Å². The van der Waals surface area contributed by atoms with Crippen LogP contribution in [0.3, 0.4) is 0 Å². The van der Waals surface area contributed by atoms with Crippen LogP contribution in [0.1, 0.15) is 49.7 Å². The van der Waals surface area contributed by atoms with Crippen molar-refractivity contribution in [3.8, 4) is 0 Å². The minimum atomic E-state index is -3.76. The Bertz CT molecular complexity index is 1120. The molecule has 1 heterocycles. The van der Waals surface area contributed by atoms with Gasteiger partial charge in [0, 0.05) is 13.1 Å². The van der Waals surface area contributed by atoms with E-state index in [1.165, 1.54) is 41.3 Å². The quantitative estimate of drug-likeness (QED) is 0.671. The highest BCUT2D eigenvalue weighted by Gasteiger charge is 2.33. The number of carboxylic acids is 1. The van der Waals surface area contributed by atoms with E-state index in [1.54, 1.807) is 6.07 Å². The number of rotatable bonds is 6. The summed E-state index contributed by atoms with van der Waals surface area (Å²) >= 11 is 0. The molecule has 32 heavy (non-hydrogen) atoms. The third-order valence-electron chi connectivity index (χ3n) is 6.53. The molecule has 5 nitrogen and oxygen atoms in total. The maximum Gasteiger partial charge on any atom is 0.307 e. The highest BCUT2D eigenvalue weighted by Crippen LogP contribution is 2.39. The fourth-order valence-electron chi connectivity index (χ4n) is 4.94. The summed E-state index contributed by atoms with van der Waals surface area (Å²) in [6.07, 6.45) is 6.40. The predicted molar refractivity (Wildman–Crippen MR) is 121 cm³/mol. The number of aliphatic carboxylic acids is 1. The van der Waals surface area contributed by atoms with Gasteiger partial charge in [-0.1, -0.05) is 49.1 Å². The SMILES string of the molecule is O=C(O)Cc1cccc(C2=C(C3CCCCC3)CCN(S(=O)(=O)c3ccc(F)cc3)C2)c1. The number of sulfonamides is 1. The maximum atomic E-state index is 13.3. The van der Waals surface area contributed by atoms with E-state index < -0.39 is 21.8 Å². The second kappa shape index (κ2) is 9.55. The standard InChI is InChI=1S/C25H28FNO4S/c26-21-9-11-22(12-10-21)32(30,31)27-14-13-23(19-6-2-1-3-7-19)24(17-27)20-8-4-5-18(15-20)16-25(28)29/h4-5,8-12,15,19H,1-3,6-7,13-14,16-17H2,(H,28,29). The lowest BCUT2D eigenvalue weighted by Gasteiger charge is -2.35. The van der Waals surface area contributed by atoms with Crippen LogP contribution >= 0.6 is 0 Å². The van der Waals surface area contributed by atoms with Crippen molar-refractivity contribution in [3.63, 3.8) is 0 Å². The van der Waals surface area contributed by atoms with Crippen LogP contribution in [0.2, 0.25) is 0 Å². The van der Waals surface area contributed by atoms with Gasteiger partial charge in [-0.2, -0.15) is 4.31 Å². The van der Waals surface area contributed by atoms with Gasteiger partial charge in [-0.3, -0.25) is 4.79 Å². The maximum absolute atomic E-state index is 13.3. The van der Waals surface area contributed by atoms with Gasteiger partial charge in [0.15, 0.2) is 0 Å². The van der Waals surface area contributed by atoms with Crippen molar-refractivity contribution in [2.45, 2.75) is 49.8 Å². The van der Waals surface area contributed by atoms with Crippen LogP contribution in [-0.2, 0) is 21.2 Å². The van der Waals surface area contributed by atoms with Crippen molar-refractivity contribution in [1.82, 2.24) is 4.31 Å². The molecule has 0 saturated heterocycles. The third-order valence-corrected chi connectivity index (χ3v) is 8.39. The number of hydrogen-bond acceptors (Lipinski definition) is 3. The molecule has 170 valence electrons. The van der Waals surface area contributed by atoms with Crippen LogP contribution in [0.15, 0.2) is 59.0 Å². The second-order valence-corrected chi connectivity index (χ2v) is 10.6. The second-order valence-electron chi connectivity index (χ2n) is 8.65. The zero-order chi connectivity index (χ0) is 22.7. The van der Waals surface area contributed by atoms with Crippen molar-refractivity contribution in [2.24, 2.45) is 5.92 Å². The summed E-state index contributed by atoms with van der Waals surface area (Å²) in [5.41, 5.74) is 3.89. The molecule has 1 saturated carbocycles. The molecule has 7 heteroatoms. The van der Waals surface area contributed by atoms with Gasteiger partial charge >= 0.3 is 5.97 Å². The molecule has 0 spiro atoms. The van der Waals surface area contributed by atoms with Crippen molar-refractivity contribution < 1.29 is 22.7 Å². The van der Waals surface area contributed by atoms with Gasteiger partial charge in [0.05, 0.1) is 11.3 Å². The van der Waals surface area contributed by atoms with Gasteiger partial charge in [0.1, 0.15) is 5.82 Å². The first-order valence-corrected chi connectivity index (χ1v) is 12.6. The lowest BCUT2D eigenvalue weighted by Crippen LogP contribution is -2.37. The Kier molecular flexibility index (Phi) is 6.76. The molecule has 1 N–H and O–H groups in total. The smallest absolute Gasteiger partial charge is 0.307 e. The summed E-state index contributed by atoms with van der Waals surface area (Å²) < 4.78 is 41.3. The van der Waals surface area contributed by atoms with Gasteiger partial charge < -0.3 is 5.11 Å². The van der Waals surface area contributed by atoms with Crippen molar-refractivity contribution >= 4 is 21.6 Å². The number of carbonyl (C=O) groups is 1. The molecule has 1 fully saturated rings. The summed E-state index contributed by atoms with van der Waals surface area (Å²) in [4.78, 5) is 11.3. The first kappa shape index (κ1) is 22.7. The van der Waals surface area contributed by atoms with Crippen LogP contribution in [0.5, 0.6) is 0 Å². The van der Waals surface area contributed by atoms with Crippen LogP contribution < -0.4 is 0 Å². The van der Waals surface area contributed by atoms with Gasteiger partial charge in [-0.25, -0.2) is 12.8 Å². The van der Waals surface area contributed by atoms with Crippen molar-refractivity contribution in [1.29, 1.82) is 0 Å². The first-order chi connectivity index (χ1) is 15.3. The Morgan fingerprint density at radius 1 is 1.06 bits per heavy atom. The number of nitrogens with zero attached hydrogens (tertiary/aromatic N) is 1. The van der Waals surface area contributed by atoms with E-state index in [2.05, 4.69) is 0 Å². The zero-order valence-corrected chi connectivity index (χ0v) is 18.8. The van der Waals surface area contributed by atoms with E-state index in [0.717, 1.165) is 36.1 Å². The third kappa shape index (κ3) is 4.94. The molecule has 1 aliphatic carbocycles. The van der Waals surface area contributed by atoms with Gasteiger partial charge in [-0.15, -0.1) is 0 Å². The molecule has 0 amide bonds. The molecule has 0 bridgehead atoms. The van der Waals surface area contributed by atoms with E-state index >= 15 is 0 Å². The molecule has 2 aromatic rings. The molecule has 0 unspecified atom stereocenters. The van der Waals surface area contributed by atoms with E-state index in [-0.39, 0.29) is 17.9 Å². The molecule has 0 aromatic heterocycles. The fourth-order valence-corrected chi connectivity index (χ4v) is 6.34. The van der Waals surface area contributed by atoms with Crippen molar-refractivity contribution in [3.05, 3.63) is 71.0 Å². The molecule has 0 atom stereocenters. The molecule has 2 aliphatic rings. The molecular formula is C25H28FNO4S. The van der Waals surface area contributed by atoms with Crippen LogP contribution in [0.4, 0.5) is 4.39 Å². The van der Waals surface area contributed by atoms with Gasteiger partial charge in [0.25, 0.3) is 0 Å². The minimum absolute atomic E-state index is 0.0720. The largest absolute Gasteiger partial charge is 0.481 e. The number of carboxylic acid groups (broad SMARTS) is 1. The topological polar surface area (TPSA) is 74.7 Å². The highest BCUT2D eigenvalue weighted by atomic mass is 32.2. The predicted octanol–water partition coefficient (Wildman–Crippen LogP) is 4.88. The Hall–Kier alpha value is -2.51. The summed E-state index contributed by atoms with van der Waals surface area (Å²) in [5, 5.41) is 9.19. The molecule has 4 rings (SSSR count). The van der Waals surface area contributed by atoms with E-state index in [0.29, 0.717) is 24.4 Å². The monoisotopic (exact) mass is 457 g/mol. The Balaban J connectivity index is 1.72. The van der Waals surface area contributed by atoms with Crippen molar-refractivity contribution in [2.75, 3.05) is 13.1 Å². The Morgan fingerprint density at radius 2 is 1.78 bits per heavy atom. The molecule has 0 radical (unpaired) electrons. The molecular weight excluding hydrogens is 429 g/mol. The number of halogens is 1. The fraction of sp³-hybridized carbons (Fsp3) is 0.400. The average Bonchev–Trinajstić information content (AvgIpc) is 2.79. The average molecular weight is 458 g/mol. The molecule has 1 aliphatic heterocycles.